The van der Waals surface area contributed by atoms with Crippen LogP contribution >= 0.6 is 0 Å². The molecule has 20 heavy (non-hydrogen) atoms. The molecule has 2 aliphatic rings. The molecule has 2 heterocycles. The fourth-order valence-corrected chi connectivity index (χ4v) is 3.53. The van der Waals surface area contributed by atoms with E-state index in [0.717, 1.165) is 26.1 Å². The van der Waals surface area contributed by atoms with Crippen molar-refractivity contribution < 1.29 is 4.74 Å². The highest BCUT2D eigenvalue weighted by molar-refractivity contribution is 5.29. The van der Waals surface area contributed by atoms with Crippen molar-refractivity contribution in [2.24, 2.45) is 5.92 Å². The monoisotopic (exact) mass is 274 g/mol. The number of hydrogen-bond donors (Lipinski definition) is 1. The number of nitrogens with zero attached hydrogens (tertiary/aromatic N) is 1. The lowest BCUT2D eigenvalue weighted by Crippen LogP contribution is -2.50. The summed E-state index contributed by atoms with van der Waals surface area (Å²) in [4.78, 5) is 2.57. The van der Waals surface area contributed by atoms with E-state index in [-0.39, 0.29) is 0 Å². The second-order valence-corrected chi connectivity index (χ2v) is 6.35. The van der Waals surface area contributed by atoms with Gasteiger partial charge in [-0.25, -0.2) is 0 Å². The summed E-state index contributed by atoms with van der Waals surface area (Å²) in [6.45, 7) is 6.75. The van der Waals surface area contributed by atoms with Crippen molar-refractivity contribution in [1.29, 1.82) is 0 Å². The van der Waals surface area contributed by atoms with Crippen LogP contribution in [0.1, 0.15) is 24.5 Å². The Labute approximate surface area is 122 Å². The zero-order chi connectivity index (χ0) is 13.9. The van der Waals surface area contributed by atoms with Gasteiger partial charge in [0.1, 0.15) is 0 Å². The molecule has 3 rings (SSSR count). The minimum absolute atomic E-state index is 0.402. The number of methoxy groups -OCH3 is 1. The number of piperidine rings is 1. The Morgan fingerprint density at radius 1 is 1.30 bits per heavy atom. The summed E-state index contributed by atoms with van der Waals surface area (Å²) in [6.07, 6.45) is 2.81. The van der Waals surface area contributed by atoms with Crippen molar-refractivity contribution in [1.82, 2.24) is 10.2 Å². The predicted molar refractivity (Wildman–Crippen MR) is 81.8 cm³/mol. The van der Waals surface area contributed by atoms with Gasteiger partial charge in [0.15, 0.2) is 0 Å². The predicted octanol–water partition coefficient (Wildman–Crippen LogP) is 2.06. The number of ether oxygens (including phenoxy) is 1. The molecule has 0 amide bonds. The molecule has 1 aromatic carbocycles. The van der Waals surface area contributed by atoms with Crippen molar-refractivity contribution in [3.63, 3.8) is 0 Å². The van der Waals surface area contributed by atoms with Gasteiger partial charge in [-0.15, -0.1) is 0 Å². The van der Waals surface area contributed by atoms with Crippen molar-refractivity contribution in [3.8, 4) is 0 Å². The molecule has 2 aliphatic heterocycles. The maximum atomic E-state index is 5.62. The summed E-state index contributed by atoms with van der Waals surface area (Å²) in [5.41, 5.74) is 2.98. The van der Waals surface area contributed by atoms with Gasteiger partial charge in [0.2, 0.25) is 0 Å². The Morgan fingerprint density at radius 2 is 2.10 bits per heavy atom. The lowest BCUT2D eigenvalue weighted by atomic mass is 9.93. The lowest BCUT2D eigenvalue weighted by molar-refractivity contribution is -0.00762. The van der Waals surface area contributed by atoms with Crippen LogP contribution in [0.15, 0.2) is 24.3 Å². The fourth-order valence-electron chi connectivity index (χ4n) is 3.53. The summed E-state index contributed by atoms with van der Waals surface area (Å²) >= 11 is 0. The van der Waals surface area contributed by atoms with Gasteiger partial charge in [-0.2, -0.15) is 0 Å². The average molecular weight is 274 g/mol. The van der Waals surface area contributed by atoms with E-state index in [1.165, 1.54) is 24.1 Å². The van der Waals surface area contributed by atoms with Crippen LogP contribution in [0.25, 0.3) is 0 Å². The molecule has 0 saturated carbocycles. The molecule has 0 radical (unpaired) electrons. The van der Waals surface area contributed by atoms with E-state index >= 15 is 0 Å². The summed E-state index contributed by atoms with van der Waals surface area (Å²) in [5, 5.41) is 3.68. The molecule has 1 saturated heterocycles. The van der Waals surface area contributed by atoms with Gasteiger partial charge < -0.3 is 10.1 Å². The first kappa shape index (κ1) is 14.1. The van der Waals surface area contributed by atoms with Gasteiger partial charge in [-0.05, 0) is 36.4 Å². The second kappa shape index (κ2) is 6.25. The van der Waals surface area contributed by atoms with E-state index in [4.69, 9.17) is 4.74 Å². The van der Waals surface area contributed by atoms with E-state index in [1.54, 1.807) is 0 Å². The second-order valence-electron chi connectivity index (χ2n) is 6.35. The first-order valence-electron chi connectivity index (χ1n) is 7.81. The van der Waals surface area contributed by atoms with Crippen molar-refractivity contribution in [2.75, 3.05) is 26.7 Å². The molecule has 0 aliphatic carbocycles. The Hall–Kier alpha value is -0.900. The maximum Gasteiger partial charge on any atom is 0.0724 e. The normalized spacial score (nSPS) is 31.0. The zero-order valence-electron chi connectivity index (χ0n) is 12.6. The van der Waals surface area contributed by atoms with Crippen LogP contribution in [0.3, 0.4) is 0 Å². The highest BCUT2D eigenvalue weighted by Crippen LogP contribution is 2.21. The van der Waals surface area contributed by atoms with Gasteiger partial charge in [-0.3, -0.25) is 4.90 Å². The number of nitrogens with one attached hydrogen (secondary N) is 1. The molecular formula is C17H26N2O. The molecule has 3 unspecified atom stereocenters. The molecular weight excluding hydrogens is 248 g/mol. The topological polar surface area (TPSA) is 24.5 Å². The molecule has 1 N–H and O–H groups in total. The first-order valence-corrected chi connectivity index (χ1v) is 7.81. The number of rotatable bonds is 3. The molecule has 0 spiro atoms. The largest absolute Gasteiger partial charge is 0.380 e. The quantitative estimate of drug-likeness (QED) is 0.913. The van der Waals surface area contributed by atoms with Crippen LogP contribution in [0, 0.1) is 5.92 Å². The lowest BCUT2D eigenvalue weighted by Gasteiger charge is -2.39. The highest BCUT2D eigenvalue weighted by atomic mass is 16.5. The van der Waals surface area contributed by atoms with E-state index in [2.05, 4.69) is 41.4 Å². The molecule has 1 fully saturated rings. The number of likely N-dealkylation sites (tertiary alicyclic amines) is 1. The molecule has 3 heteroatoms. The first-order chi connectivity index (χ1) is 9.76. The van der Waals surface area contributed by atoms with E-state index < -0.39 is 0 Å². The summed E-state index contributed by atoms with van der Waals surface area (Å²) in [7, 11) is 1.85. The number of hydrogen-bond acceptors (Lipinski definition) is 3. The summed E-state index contributed by atoms with van der Waals surface area (Å²) in [5.74, 6) is 0.691. The molecule has 0 bridgehead atoms. The van der Waals surface area contributed by atoms with Crippen LogP contribution in [0.2, 0.25) is 0 Å². The van der Waals surface area contributed by atoms with Gasteiger partial charge in [0, 0.05) is 32.8 Å². The zero-order valence-corrected chi connectivity index (χ0v) is 12.6. The summed E-state index contributed by atoms with van der Waals surface area (Å²) < 4.78 is 5.62. The number of fused-ring (bicyclic) bond motifs is 1. The Morgan fingerprint density at radius 3 is 2.90 bits per heavy atom. The average Bonchev–Trinajstić information content (AvgIpc) is 2.49. The van der Waals surface area contributed by atoms with Crippen LogP contribution in [-0.2, 0) is 17.7 Å². The van der Waals surface area contributed by atoms with Crippen LogP contribution in [0.5, 0.6) is 0 Å². The summed E-state index contributed by atoms with van der Waals surface area (Å²) in [6, 6.07) is 9.39. The van der Waals surface area contributed by atoms with Gasteiger partial charge >= 0.3 is 0 Å². The SMILES string of the molecule is COC1CN(CC2Cc3ccccc3CN2)CCC1C. The number of benzene rings is 1. The Bertz CT molecular complexity index is 448. The maximum absolute atomic E-state index is 5.62. The molecule has 1 aromatic rings. The van der Waals surface area contributed by atoms with Gasteiger partial charge in [0.05, 0.1) is 6.10 Å². The third kappa shape index (κ3) is 3.05. The van der Waals surface area contributed by atoms with E-state index in [1.807, 2.05) is 7.11 Å². The van der Waals surface area contributed by atoms with Crippen LogP contribution < -0.4 is 5.32 Å². The van der Waals surface area contributed by atoms with Gasteiger partial charge in [-0.1, -0.05) is 31.2 Å². The molecule has 3 atom stereocenters. The fraction of sp³-hybridized carbons (Fsp3) is 0.647. The Balaban J connectivity index is 1.57. The smallest absolute Gasteiger partial charge is 0.0724 e. The third-order valence-electron chi connectivity index (χ3n) is 4.92. The highest BCUT2D eigenvalue weighted by Gasteiger charge is 2.28. The standard InChI is InChI=1S/C17H26N2O/c1-13-7-8-19(12-17(13)20-2)11-16-9-14-5-3-4-6-15(14)10-18-16/h3-6,13,16-18H,7-12H2,1-2H3. The van der Waals surface area contributed by atoms with Crippen LogP contribution in [-0.4, -0.2) is 43.8 Å². The Kier molecular flexibility index (Phi) is 4.39. The minimum Gasteiger partial charge on any atom is -0.380 e. The van der Waals surface area contributed by atoms with Gasteiger partial charge in [0.25, 0.3) is 0 Å². The van der Waals surface area contributed by atoms with Crippen LogP contribution in [0.4, 0.5) is 0 Å². The van der Waals surface area contributed by atoms with Crippen molar-refractivity contribution in [2.45, 2.75) is 38.5 Å². The molecule has 3 nitrogen and oxygen atoms in total. The van der Waals surface area contributed by atoms with E-state index in [0.29, 0.717) is 18.1 Å². The third-order valence-corrected chi connectivity index (χ3v) is 4.92. The molecule has 110 valence electrons. The van der Waals surface area contributed by atoms with E-state index in [9.17, 15) is 0 Å². The van der Waals surface area contributed by atoms with Crippen molar-refractivity contribution in [3.05, 3.63) is 35.4 Å². The van der Waals surface area contributed by atoms with Crippen molar-refractivity contribution >= 4 is 0 Å². The minimum atomic E-state index is 0.402. The molecule has 0 aromatic heterocycles.